The lowest BCUT2D eigenvalue weighted by molar-refractivity contribution is -0.142. The van der Waals surface area contributed by atoms with Crippen LogP contribution in [-0.2, 0) is 19.8 Å². The number of hydrogen-bond acceptors (Lipinski definition) is 4. The normalized spacial score (nSPS) is 13.9. The number of methoxy groups -OCH3 is 1. The van der Waals surface area contributed by atoms with E-state index in [1.807, 2.05) is 0 Å². The van der Waals surface area contributed by atoms with Crippen LogP contribution in [0.3, 0.4) is 0 Å². The fourth-order valence-electron chi connectivity index (χ4n) is 2.01. The summed E-state index contributed by atoms with van der Waals surface area (Å²) in [6.45, 7) is 6.69. The number of alkyl carbamates (subject to hydrolysis) is 1. The number of esters is 1. The molecular weight excluding hydrogens is 289 g/mol. The number of carbonyl (C=O) groups is 2. The summed E-state index contributed by atoms with van der Waals surface area (Å²) in [6, 6.07) is 5.94. The zero-order valence-corrected chi connectivity index (χ0v) is 13.5. The van der Waals surface area contributed by atoms with Gasteiger partial charge in [-0.2, -0.15) is 0 Å². The third-order valence-electron chi connectivity index (χ3n) is 2.97. The number of nitrogens with one attached hydrogen (secondary N) is 1. The summed E-state index contributed by atoms with van der Waals surface area (Å²) in [7, 11) is 1.23. The molecule has 0 radical (unpaired) electrons. The number of ether oxygens (including phenoxy) is 2. The average molecular weight is 311 g/mol. The third kappa shape index (κ3) is 5.02. The Hall–Kier alpha value is -2.11. The Kier molecular flexibility index (Phi) is 5.52. The third-order valence-corrected chi connectivity index (χ3v) is 2.97. The molecule has 122 valence electrons. The molecular formula is C16H22FNO4. The Morgan fingerprint density at radius 3 is 2.27 bits per heavy atom. The van der Waals surface area contributed by atoms with Crippen molar-refractivity contribution in [2.45, 2.75) is 45.3 Å². The molecule has 1 aromatic carbocycles. The quantitative estimate of drug-likeness (QED) is 0.868. The van der Waals surface area contributed by atoms with Gasteiger partial charge in [-0.25, -0.2) is 9.18 Å². The second-order valence-electron chi connectivity index (χ2n) is 6.19. The summed E-state index contributed by atoms with van der Waals surface area (Å²) >= 11 is 0. The van der Waals surface area contributed by atoms with E-state index >= 15 is 0 Å². The maximum Gasteiger partial charge on any atom is 0.408 e. The minimum atomic E-state index is -1.28. The molecule has 0 aliphatic carbocycles. The van der Waals surface area contributed by atoms with E-state index in [9.17, 15) is 14.0 Å². The first-order valence-corrected chi connectivity index (χ1v) is 6.90. The molecule has 0 spiro atoms. The van der Waals surface area contributed by atoms with E-state index in [0.29, 0.717) is 0 Å². The summed E-state index contributed by atoms with van der Waals surface area (Å²) in [4.78, 5) is 23.7. The molecule has 0 heterocycles. The minimum Gasteiger partial charge on any atom is -0.469 e. The van der Waals surface area contributed by atoms with Gasteiger partial charge in [-0.1, -0.05) is 18.2 Å². The Balaban J connectivity index is 3.10. The zero-order valence-electron chi connectivity index (χ0n) is 13.5. The molecule has 1 rings (SSSR count). The summed E-state index contributed by atoms with van der Waals surface area (Å²) in [5, 5.41) is 2.57. The molecule has 1 atom stereocenters. The van der Waals surface area contributed by atoms with E-state index in [0.717, 1.165) is 0 Å². The summed E-state index contributed by atoms with van der Waals surface area (Å²) in [6.07, 6.45) is -0.953. The molecule has 1 aromatic rings. The van der Waals surface area contributed by atoms with Gasteiger partial charge < -0.3 is 14.8 Å². The Morgan fingerprint density at radius 1 is 1.18 bits per heavy atom. The fraction of sp³-hybridized carbons (Fsp3) is 0.500. The highest BCUT2D eigenvalue weighted by atomic mass is 19.1. The van der Waals surface area contributed by atoms with Crippen LogP contribution >= 0.6 is 0 Å². The molecule has 0 saturated heterocycles. The number of carbonyl (C=O) groups excluding carboxylic acids is 2. The van der Waals surface area contributed by atoms with Crippen LogP contribution in [0.4, 0.5) is 9.18 Å². The van der Waals surface area contributed by atoms with Crippen molar-refractivity contribution < 1.29 is 23.5 Å². The minimum absolute atomic E-state index is 0.186. The zero-order chi connectivity index (χ0) is 17.0. The van der Waals surface area contributed by atoms with Crippen molar-refractivity contribution in [3.8, 4) is 0 Å². The monoisotopic (exact) mass is 311 g/mol. The number of halogens is 1. The van der Waals surface area contributed by atoms with Gasteiger partial charge in [0.15, 0.2) is 0 Å². The van der Waals surface area contributed by atoms with Crippen molar-refractivity contribution >= 4 is 12.1 Å². The molecule has 0 aromatic heterocycles. The maximum atomic E-state index is 14.1. The highest BCUT2D eigenvalue weighted by Crippen LogP contribution is 2.28. The number of rotatable bonds is 4. The largest absolute Gasteiger partial charge is 0.469 e. The molecule has 0 saturated carbocycles. The van der Waals surface area contributed by atoms with E-state index in [-0.39, 0.29) is 12.0 Å². The van der Waals surface area contributed by atoms with E-state index in [2.05, 4.69) is 10.1 Å². The van der Waals surface area contributed by atoms with E-state index in [1.165, 1.54) is 25.3 Å². The van der Waals surface area contributed by atoms with E-state index < -0.39 is 29.0 Å². The second kappa shape index (κ2) is 6.77. The first-order valence-electron chi connectivity index (χ1n) is 6.90. The topological polar surface area (TPSA) is 64.6 Å². The number of benzene rings is 1. The van der Waals surface area contributed by atoms with Crippen LogP contribution in [0, 0.1) is 5.82 Å². The first-order chi connectivity index (χ1) is 10.1. The second-order valence-corrected chi connectivity index (χ2v) is 6.19. The Bertz CT molecular complexity index is 553. The van der Waals surface area contributed by atoms with Crippen molar-refractivity contribution in [3.63, 3.8) is 0 Å². The molecule has 1 N–H and O–H groups in total. The van der Waals surface area contributed by atoms with Crippen LogP contribution in [0.25, 0.3) is 0 Å². The molecule has 0 aliphatic rings. The van der Waals surface area contributed by atoms with Crippen molar-refractivity contribution in [1.29, 1.82) is 0 Å². The van der Waals surface area contributed by atoms with Crippen LogP contribution in [0.2, 0.25) is 0 Å². The van der Waals surface area contributed by atoms with Crippen LogP contribution in [0.15, 0.2) is 24.3 Å². The molecule has 0 fully saturated rings. The van der Waals surface area contributed by atoms with Gasteiger partial charge in [0.2, 0.25) is 0 Å². The summed E-state index contributed by atoms with van der Waals surface area (Å²) in [5.41, 5.74) is -1.79. The SMILES string of the molecule is COC(=O)C[C@](C)(NC(=O)OC(C)(C)C)c1ccccc1F. The van der Waals surface area contributed by atoms with Crippen LogP contribution < -0.4 is 5.32 Å². The van der Waals surface area contributed by atoms with Gasteiger partial charge >= 0.3 is 12.1 Å². The van der Waals surface area contributed by atoms with Crippen molar-refractivity contribution in [1.82, 2.24) is 5.32 Å². The molecule has 0 unspecified atom stereocenters. The van der Waals surface area contributed by atoms with Gasteiger partial charge in [0.25, 0.3) is 0 Å². The predicted molar refractivity (Wildman–Crippen MR) is 79.8 cm³/mol. The van der Waals surface area contributed by atoms with Crippen molar-refractivity contribution in [3.05, 3.63) is 35.6 Å². The van der Waals surface area contributed by atoms with Gasteiger partial charge in [-0.05, 0) is 33.8 Å². The number of hydrogen-bond donors (Lipinski definition) is 1. The smallest absolute Gasteiger partial charge is 0.408 e. The molecule has 22 heavy (non-hydrogen) atoms. The van der Waals surface area contributed by atoms with Gasteiger partial charge in [0.1, 0.15) is 11.4 Å². The lowest BCUT2D eigenvalue weighted by Gasteiger charge is -2.32. The van der Waals surface area contributed by atoms with Crippen molar-refractivity contribution in [2.24, 2.45) is 0 Å². The van der Waals surface area contributed by atoms with Crippen molar-refractivity contribution in [2.75, 3.05) is 7.11 Å². The molecule has 1 amide bonds. The molecule has 6 heteroatoms. The lowest BCUT2D eigenvalue weighted by Crippen LogP contribution is -2.47. The van der Waals surface area contributed by atoms with Crippen LogP contribution in [0.5, 0.6) is 0 Å². The summed E-state index contributed by atoms with van der Waals surface area (Å²) in [5.74, 6) is -1.09. The maximum absolute atomic E-state index is 14.1. The van der Waals surface area contributed by atoms with E-state index in [4.69, 9.17) is 4.74 Å². The lowest BCUT2D eigenvalue weighted by atomic mass is 9.88. The highest BCUT2D eigenvalue weighted by molar-refractivity contribution is 5.74. The standard InChI is InChI=1S/C16H22FNO4/c1-15(2,3)22-14(20)18-16(4,10-13(19)21-5)11-8-6-7-9-12(11)17/h6-9H,10H2,1-5H3,(H,18,20)/t16-/m0/s1. The average Bonchev–Trinajstić information content (AvgIpc) is 2.36. The summed E-state index contributed by atoms with van der Waals surface area (Å²) < 4.78 is 23.9. The Morgan fingerprint density at radius 2 is 1.77 bits per heavy atom. The Labute approximate surface area is 129 Å². The van der Waals surface area contributed by atoms with Gasteiger partial charge in [0, 0.05) is 5.56 Å². The molecule has 5 nitrogen and oxygen atoms in total. The predicted octanol–water partition coefficient (Wildman–Crippen LogP) is 3.13. The molecule has 0 bridgehead atoms. The van der Waals surface area contributed by atoms with Gasteiger partial charge in [0.05, 0.1) is 19.1 Å². The van der Waals surface area contributed by atoms with Gasteiger partial charge in [-0.15, -0.1) is 0 Å². The van der Waals surface area contributed by atoms with Crippen LogP contribution in [-0.4, -0.2) is 24.8 Å². The van der Waals surface area contributed by atoms with E-state index in [1.54, 1.807) is 33.8 Å². The molecule has 0 aliphatic heterocycles. The highest BCUT2D eigenvalue weighted by Gasteiger charge is 2.35. The number of amides is 1. The first kappa shape index (κ1) is 17.9. The van der Waals surface area contributed by atoms with Crippen LogP contribution in [0.1, 0.15) is 39.7 Å². The fourth-order valence-corrected chi connectivity index (χ4v) is 2.01. The van der Waals surface area contributed by atoms with Gasteiger partial charge in [-0.3, -0.25) is 4.79 Å².